The van der Waals surface area contributed by atoms with Crippen molar-refractivity contribution in [2.75, 3.05) is 0 Å². The van der Waals surface area contributed by atoms with E-state index in [4.69, 9.17) is 0 Å². The topological polar surface area (TPSA) is 0 Å². The van der Waals surface area contributed by atoms with Crippen LogP contribution in [0.2, 0.25) is 0 Å². The van der Waals surface area contributed by atoms with Crippen molar-refractivity contribution in [3.05, 3.63) is 0 Å². The van der Waals surface area contributed by atoms with Gasteiger partial charge in [0, 0.05) is 0 Å². The summed E-state index contributed by atoms with van der Waals surface area (Å²) in [5.74, 6) is 3.05. The van der Waals surface area contributed by atoms with E-state index in [1.54, 1.807) is 0 Å². The molecule has 1 saturated carbocycles. The summed E-state index contributed by atoms with van der Waals surface area (Å²) < 4.78 is 0. The first kappa shape index (κ1) is 14.1. The van der Waals surface area contributed by atoms with Crippen LogP contribution in [0.25, 0.3) is 0 Å². The molecule has 96 valence electrons. The van der Waals surface area contributed by atoms with Gasteiger partial charge in [-0.15, -0.1) is 0 Å². The van der Waals surface area contributed by atoms with Crippen molar-refractivity contribution in [2.45, 2.75) is 85.0 Å². The normalized spacial score (nSPS) is 32.8. The minimum atomic E-state index is 0.977. The van der Waals surface area contributed by atoms with E-state index in [0.29, 0.717) is 0 Å². The highest BCUT2D eigenvalue weighted by Gasteiger charge is 2.18. The van der Waals surface area contributed by atoms with Gasteiger partial charge in [-0.2, -0.15) is 0 Å². The molecule has 1 rings (SSSR count). The molecule has 0 radical (unpaired) electrons. The largest absolute Gasteiger partial charge is 0.0654 e. The Morgan fingerprint density at radius 3 is 2.19 bits per heavy atom. The molecule has 0 N–H and O–H groups in total. The Balaban J connectivity index is 2.39. The van der Waals surface area contributed by atoms with Crippen molar-refractivity contribution in [2.24, 2.45) is 17.8 Å². The van der Waals surface area contributed by atoms with Crippen molar-refractivity contribution in [1.29, 1.82) is 0 Å². The highest BCUT2D eigenvalue weighted by atomic mass is 14.2. The predicted octanol–water partition coefficient (Wildman–Crippen LogP) is 5.81. The van der Waals surface area contributed by atoms with Gasteiger partial charge in [0.05, 0.1) is 0 Å². The smallest absolute Gasteiger partial charge is 0.0412 e. The lowest BCUT2D eigenvalue weighted by molar-refractivity contribution is 0.305. The summed E-state index contributed by atoms with van der Waals surface area (Å²) in [4.78, 5) is 0. The van der Waals surface area contributed by atoms with Gasteiger partial charge in [-0.25, -0.2) is 0 Å². The maximum Gasteiger partial charge on any atom is -0.0412 e. The van der Waals surface area contributed by atoms with Crippen LogP contribution >= 0.6 is 0 Å². The molecule has 1 aliphatic rings. The Kier molecular flexibility index (Phi) is 7.16. The average Bonchev–Trinajstić information content (AvgIpc) is 2.36. The molecular weight excluding hydrogens is 192 g/mol. The second kappa shape index (κ2) is 8.14. The van der Waals surface area contributed by atoms with Gasteiger partial charge in [0.15, 0.2) is 0 Å². The van der Waals surface area contributed by atoms with Crippen LogP contribution in [0, 0.1) is 17.8 Å². The molecule has 0 spiro atoms. The lowest BCUT2D eigenvalue weighted by Gasteiger charge is -2.21. The van der Waals surface area contributed by atoms with Gasteiger partial charge in [0.1, 0.15) is 0 Å². The highest BCUT2D eigenvalue weighted by Crippen LogP contribution is 2.32. The maximum atomic E-state index is 2.49. The van der Waals surface area contributed by atoms with Gasteiger partial charge in [-0.3, -0.25) is 0 Å². The number of rotatable bonds is 4. The first-order chi connectivity index (χ1) is 7.76. The molecule has 0 heterocycles. The van der Waals surface area contributed by atoms with Gasteiger partial charge in [0.2, 0.25) is 0 Å². The third-order valence-electron chi connectivity index (χ3n) is 4.49. The lowest BCUT2D eigenvalue weighted by Crippen LogP contribution is -2.09. The van der Waals surface area contributed by atoms with Crippen LogP contribution in [-0.4, -0.2) is 0 Å². The SMILES string of the molecule is CCCCC1CCCCC(CC)CC(C)C1. The predicted molar refractivity (Wildman–Crippen MR) is 73.7 cm³/mol. The Morgan fingerprint density at radius 2 is 1.56 bits per heavy atom. The Labute approximate surface area is 103 Å². The Morgan fingerprint density at radius 1 is 0.938 bits per heavy atom. The van der Waals surface area contributed by atoms with Crippen LogP contribution in [0.3, 0.4) is 0 Å². The molecule has 0 aromatic carbocycles. The van der Waals surface area contributed by atoms with Gasteiger partial charge >= 0.3 is 0 Å². The zero-order chi connectivity index (χ0) is 11.8. The van der Waals surface area contributed by atoms with Crippen molar-refractivity contribution in [1.82, 2.24) is 0 Å². The van der Waals surface area contributed by atoms with Gasteiger partial charge in [0.25, 0.3) is 0 Å². The van der Waals surface area contributed by atoms with E-state index in [-0.39, 0.29) is 0 Å². The molecule has 1 fully saturated rings. The van der Waals surface area contributed by atoms with E-state index < -0.39 is 0 Å². The fourth-order valence-electron chi connectivity index (χ4n) is 3.46. The molecule has 0 nitrogen and oxygen atoms in total. The molecular formula is C16H32. The van der Waals surface area contributed by atoms with E-state index in [2.05, 4.69) is 20.8 Å². The fraction of sp³-hybridized carbons (Fsp3) is 1.00. The van der Waals surface area contributed by atoms with Crippen LogP contribution < -0.4 is 0 Å². The van der Waals surface area contributed by atoms with Crippen LogP contribution in [0.1, 0.15) is 85.0 Å². The summed E-state index contributed by atoms with van der Waals surface area (Å²) in [5.41, 5.74) is 0. The molecule has 3 atom stereocenters. The summed E-state index contributed by atoms with van der Waals surface area (Å²) in [6.45, 7) is 7.20. The van der Waals surface area contributed by atoms with Gasteiger partial charge in [-0.1, -0.05) is 72.1 Å². The minimum Gasteiger partial charge on any atom is -0.0654 e. The van der Waals surface area contributed by atoms with Crippen molar-refractivity contribution >= 4 is 0 Å². The Bertz CT molecular complexity index is 161. The van der Waals surface area contributed by atoms with Crippen LogP contribution in [0.15, 0.2) is 0 Å². The van der Waals surface area contributed by atoms with Gasteiger partial charge in [-0.05, 0) is 30.6 Å². The zero-order valence-electron chi connectivity index (χ0n) is 11.8. The first-order valence-electron chi connectivity index (χ1n) is 7.76. The van der Waals surface area contributed by atoms with Crippen molar-refractivity contribution in [3.8, 4) is 0 Å². The van der Waals surface area contributed by atoms with E-state index in [0.717, 1.165) is 17.8 Å². The quantitative estimate of drug-likeness (QED) is 0.565. The molecule has 0 saturated heterocycles. The standard InChI is InChI=1S/C16H32/c1-4-6-9-16-11-8-7-10-15(5-2)12-14(3)13-16/h14-16H,4-13H2,1-3H3. The third-order valence-corrected chi connectivity index (χ3v) is 4.49. The van der Waals surface area contributed by atoms with Crippen LogP contribution in [-0.2, 0) is 0 Å². The second-order valence-electron chi connectivity index (χ2n) is 6.14. The minimum absolute atomic E-state index is 0.977. The average molecular weight is 224 g/mol. The Hall–Kier alpha value is 0. The second-order valence-corrected chi connectivity index (χ2v) is 6.14. The molecule has 0 aliphatic heterocycles. The summed E-state index contributed by atoms with van der Waals surface area (Å²) in [7, 11) is 0. The van der Waals surface area contributed by atoms with E-state index >= 15 is 0 Å². The number of hydrogen-bond donors (Lipinski definition) is 0. The van der Waals surface area contributed by atoms with Gasteiger partial charge < -0.3 is 0 Å². The van der Waals surface area contributed by atoms with Crippen molar-refractivity contribution < 1.29 is 0 Å². The molecule has 0 amide bonds. The molecule has 3 unspecified atom stereocenters. The molecule has 16 heavy (non-hydrogen) atoms. The first-order valence-corrected chi connectivity index (χ1v) is 7.76. The number of hydrogen-bond acceptors (Lipinski definition) is 0. The van der Waals surface area contributed by atoms with E-state index in [9.17, 15) is 0 Å². The monoisotopic (exact) mass is 224 g/mol. The van der Waals surface area contributed by atoms with E-state index in [1.807, 2.05) is 0 Å². The van der Waals surface area contributed by atoms with Crippen LogP contribution in [0.4, 0.5) is 0 Å². The highest BCUT2D eigenvalue weighted by molar-refractivity contribution is 4.71. The summed E-state index contributed by atoms with van der Waals surface area (Å²) in [6, 6.07) is 0. The number of unbranched alkanes of at least 4 members (excludes halogenated alkanes) is 1. The molecule has 0 aromatic rings. The molecule has 1 aliphatic carbocycles. The molecule has 0 bridgehead atoms. The third kappa shape index (κ3) is 5.37. The molecule has 0 aromatic heterocycles. The maximum absolute atomic E-state index is 2.49. The van der Waals surface area contributed by atoms with Crippen LogP contribution in [0.5, 0.6) is 0 Å². The fourth-order valence-corrected chi connectivity index (χ4v) is 3.46. The van der Waals surface area contributed by atoms with E-state index in [1.165, 1.54) is 64.2 Å². The molecule has 0 heteroatoms. The summed E-state index contributed by atoms with van der Waals surface area (Å²) in [5, 5.41) is 0. The zero-order valence-corrected chi connectivity index (χ0v) is 11.8. The lowest BCUT2D eigenvalue weighted by atomic mass is 9.84. The summed E-state index contributed by atoms with van der Waals surface area (Å²) in [6.07, 6.45) is 14.8. The van der Waals surface area contributed by atoms with Crippen molar-refractivity contribution in [3.63, 3.8) is 0 Å². The summed E-state index contributed by atoms with van der Waals surface area (Å²) >= 11 is 0.